The Hall–Kier alpha value is -3.24. The van der Waals surface area contributed by atoms with Gasteiger partial charge in [-0.15, -0.1) is 0 Å². The summed E-state index contributed by atoms with van der Waals surface area (Å²) in [5.41, 5.74) is 5.16. The predicted octanol–water partition coefficient (Wildman–Crippen LogP) is 3.55. The van der Waals surface area contributed by atoms with E-state index in [1.54, 1.807) is 6.92 Å². The van der Waals surface area contributed by atoms with Crippen molar-refractivity contribution in [3.05, 3.63) is 47.0 Å². The third kappa shape index (κ3) is 4.90. The third-order valence-corrected chi connectivity index (χ3v) is 4.50. The number of nitrogens with two attached hydrogens (primary N) is 1. The number of nitrogen functional groups attached to an aromatic ring is 1. The van der Waals surface area contributed by atoms with Gasteiger partial charge in [-0.05, 0) is 37.3 Å². The summed E-state index contributed by atoms with van der Waals surface area (Å²) in [5, 5.41) is 20.0. The Kier molecular flexibility index (Phi) is 5.93. The number of pyridine rings is 1. The Labute approximate surface area is 156 Å². The number of nitrogens with one attached hydrogen (secondary N) is 1. The summed E-state index contributed by atoms with van der Waals surface area (Å²) in [6.07, 6.45) is -4.46. The number of benzene rings is 1. The van der Waals surface area contributed by atoms with Crippen LogP contribution in [0.5, 0.6) is 0 Å². The molecule has 0 bridgehead atoms. The van der Waals surface area contributed by atoms with Gasteiger partial charge in [0.2, 0.25) is 5.91 Å². The van der Waals surface area contributed by atoms with Crippen LogP contribution in [0.2, 0.25) is 0 Å². The molecule has 1 heterocycles. The number of alkyl halides is 3. The molecule has 10 heteroatoms. The monoisotopic (exact) mass is 391 g/mol. The summed E-state index contributed by atoms with van der Waals surface area (Å²) in [5.74, 6) is -0.553. The van der Waals surface area contributed by atoms with Crippen molar-refractivity contribution in [3.63, 3.8) is 0 Å². The van der Waals surface area contributed by atoms with E-state index < -0.39 is 22.9 Å². The normalized spacial score (nSPS) is 11.9. The number of aromatic nitrogens is 1. The largest absolute Gasteiger partial charge is 0.416 e. The molecule has 0 spiro atoms. The van der Waals surface area contributed by atoms with Gasteiger partial charge in [0.05, 0.1) is 21.9 Å². The highest BCUT2D eigenvalue weighted by molar-refractivity contribution is 8.00. The summed E-state index contributed by atoms with van der Waals surface area (Å²) >= 11 is 0.948. The van der Waals surface area contributed by atoms with Gasteiger partial charge in [-0.3, -0.25) is 4.79 Å². The van der Waals surface area contributed by atoms with Gasteiger partial charge in [-0.1, -0.05) is 11.8 Å². The number of hydrogen-bond acceptors (Lipinski definition) is 6. The number of hydrogen-bond donors (Lipinski definition) is 2. The predicted molar refractivity (Wildman–Crippen MR) is 93.5 cm³/mol. The summed E-state index contributed by atoms with van der Waals surface area (Å²) in [4.78, 5) is 16.2. The maximum absolute atomic E-state index is 12.6. The van der Waals surface area contributed by atoms with Crippen molar-refractivity contribution in [2.24, 2.45) is 0 Å². The average molecular weight is 391 g/mol. The third-order valence-electron chi connectivity index (χ3n) is 3.40. The van der Waals surface area contributed by atoms with E-state index in [0.29, 0.717) is 0 Å². The van der Waals surface area contributed by atoms with Crippen LogP contribution in [-0.2, 0) is 11.0 Å². The van der Waals surface area contributed by atoms with Gasteiger partial charge in [0.15, 0.2) is 0 Å². The molecule has 1 aromatic heterocycles. The smallest absolute Gasteiger partial charge is 0.383 e. The number of halogens is 3. The molecule has 2 aromatic rings. The molecule has 0 aliphatic carbocycles. The number of amides is 1. The van der Waals surface area contributed by atoms with Gasteiger partial charge in [0, 0.05) is 5.69 Å². The standard InChI is InChI=1S/C17H12F3N5OS/c1-9(27-16-11(8-22)6-10(7-21)14(23)25-16)15(26)24-13-4-2-12(3-5-13)17(18,19)20/h2-6,9H,1H3,(H2,23,25)(H,24,26)/t9-/m1/s1. The zero-order valence-electron chi connectivity index (χ0n) is 13.8. The van der Waals surface area contributed by atoms with Crippen molar-refractivity contribution in [1.29, 1.82) is 10.5 Å². The number of carbonyl (C=O) groups excluding carboxylic acids is 1. The second-order valence-corrected chi connectivity index (χ2v) is 6.65. The van der Waals surface area contributed by atoms with E-state index in [2.05, 4.69) is 10.3 Å². The molecule has 1 aromatic carbocycles. The number of anilines is 2. The molecule has 1 amide bonds. The van der Waals surface area contributed by atoms with Crippen molar-refractivity contribution >= 4 is 29.2 Å². The molecule has 3 N–H and O–H groups in total. The number of rotatable bonds is 4. The van der Waals surface area contributed by atoms with E-state index in [1.807, 2.05) is 12.1 Å². The van der Waals surface area contributed by atoms with Crippen LogP contribution in [0.1, 0.15) is 23.6 Å². The van der Waals surface area contributed by atoms with E-state index in [9.17, 15) is 18.0 Å². The second kappa shape index (κ2) is 7.98. The highest BCUT2D eigenvalue weighted by Crippen LogP contribution is 2.31. The molecule has 2 rings (SSSR count). The lowest BCUT2D eigenvalue weighted by molar-refractivity contribution is -0.137. The molecule has 0 saturated heterocycles. The minimum absolute atomic E-state index is 0.0535. The average Bonchev–Trinajstić information content (AvgIpc) is 2.61. The van der Waals surface area contributed by atoms with Crippen LogP contribution < -0.4 is 11.1 Å². The molecule has 0 saturated carbocycles. The van der Waals surface area contributed by atoms with Crippen LogP contribution in [0, 0.1) is 22.7 Å². The van der Waals surface area contributed by atoms with Crippen LogP contribution in [0.4, 0.5) is 24.7 Å². The number of nitrogens with zero attached hydrogens (tertiary/aromatic N) is 3. The van der Waals surface area contributed by atoms with Crippen molar-refractivity contribution in [2.45, 2.75) is 23.4 Å². The SMILES string of the molecule is C[C@@H](Sc1nc(N)c(C#N)cc1C#N)C(=O)Nc1ccc(C(F)(F)F)cc1. The van der Waals surface area contributed by atoms with Crippen molar-refractivity contribution in [2.75, 3.05) is 11.1 Å². The quantitative estimate of drug-likeness (QED) is 0.770. The molecule has 138 valence electrons. The van der Waals surface area contributed by atoms with Crippen LogP contribution in [0.3, 0.4) is 0 Å². The van der Waals surface area contributed by atoms with Crippen molar-refractivity contribution < 1.29 is 18.0 Å². The van der Waals surface area contributed by atoms with E-state index >= 15 is 0 Å². The van der Waals surface area contributed by atoms with Gasteiger partial charge in [-0.2, -0.15) is 23.7 Å². The van der Waals surface area contributed by atoms with Crippen LogP contribution in [-0.4, -0.2) is 16.1 Å². The lowest BCUT2D eigenvalue weighted by atomic mass is 10.2. The molecule has 0 aliphatic rings. The van der Waals surface area contributed by atoms with Gasteiger partial charge in [-0.25, -0.2) is 4.98 Å². The maximum Gasteiger partial charge on any atom is 0.416 e. The number of carbonyl (C=O) groups is 1. The first-order valence-electron chi connectivity index (χ1n) is 7.41. The maximum atomic E-state index is 12.6. The van der Waals surface area contributed by atoms with Gasteiger partial charge >= 0.3 is 6.18 Å². The minimum Gasteiger partial charge on any atom is -0.383 e. The van der Waals surface area contributed by atoms with Crippen LogP contribution in [0.25, 0.3) is 0 Å². The van der Waals surface area contributed by atoms with Crippen molar-refractivity contribution in [3.8, 4) is 12.1 Å². The van der Waals surface area contributed by atoms with Crippen LogP contribution in [0.15, 0.2) is 35.4 Å². The molecule has 0 fully saturated rings. The molecule has 6 nitrogen and oxygen atoms in total. The summed E-state index contributed by atoms with van der Waals surface area (Å²) in [6.45, 7) is 1.54. The van der Waals surface area contributed by atoms with Gasteiger partial charge in [0.1, 0.15) is 23.0 Å². The lowest BCUT2D eigenvalue weighted by Crippen LogP contribution is -2.22. The lowest BCUT2D eigenvalue weighted by Gasteiger charge is -2.13. The van der Waals surface area contributed by atoms with Crippen molar-refractivity contribution in [1.82, 2.24) is 4.98 Å². The summed E-state index contributed by atoms with van der Waals surface area (Å²) < 4.78 is 37.7. The fourth-order valence-electron chi connectivity index (χ4n) is 1.98. The van der Waals surface area contributed by atoms with Gasteiger partial charge in [0.25, 0.3) is 0 Å². The molecule has 0 aliphatic heterocycles. The Bertz CT molecular complexity index is 945. The zero-order chi connectivity index (χ0) is 20.2. The molecular weight excluding hydrogens is 379 g/mol. The minimum atomic E-state index is -4.46. The Morgan fingerprint density at radius 3 is 2.33 bits per heavy atom. The summed E-state index contributed by atoms with van der Waals surface area (Å²) in [7, 11) is 0. The summed E-state index contributed by atoms with van der Waals surface area (Å²) in [6, 6.07) is 9.01. The van der Waals surface area contributed by atoms with E-state index in [0.717, 1.165) is 36.0 Å². The Morgan fingerprint density at radius 1 is 1.22 bits per heavy atom. The first kappa shape index (κ1) is 20.1. The molecule has 27 heavy (non-hydrogen) atoms. The highest BCUT2D eigenvalue weighted by Gasteiger charge is 2.30. The zero-order valence-corrected chi connectivity index (χ0v) is 14.6. The van der Waals surface area contributed by atoms with E-state index in [-0.39, 0.29) is 27.7 Å². The topological polar surface area (TPSA) is 116 Å². The highest BCUT2D eigenvalue weighted by atomic mass is 32.2. The molecule has 0 radical (unpaired) electrons. The molecule has 1 atom stereocenters. The Balaban J connectivity index is 2.12. The fraction of sp³-hybridized carbons (Fsp3) is 0.176. The first-order valence-corrected chi connectivity index (χ1v) is 8.29. The Morgan fingerprint density at radius 2 is 1.81 bits per heavy atom. The van der Waals surface area contributed by atoms with E-state index in [4.69, 9.17) is 16.3 Å². The second-order valence-electron chi connectivity index (χ2n) is 5.32. The first-order chi connectivity index (χ1) is 12.7. The number of thioether (sulfide) groups is 1. The van der Waals surface area contributed by atoms with Crippen LogP contribution >= 0.6 is 11.8 Å². The molecular formula is C17H12F3N5OS. The van der Waals surface area contributed by atoms with E-state index in [1.165, 1.54) is 6.07 Å². The fourth-order valence-corrected chi connectivity index (χ4v) is 2.86. The molecule has 0 unspecified atom stereocenters. The number of nitriles is 2. The van der Waals surface area contributed by atoms with Gasteiger partial charge < -0.3 is 11.1 Å².